The van der Waals surface area contributed by atoms with Crippen molar-refractivity contribution in [1.82, 2.24) is 10.2 Å². The van der Waals surface area contributed by atoms with Crippen molar-refractivity contribution in [3.05, 3.63) is 17.8 Å². The van der Waals surface area contributed by atoms with E-state index in [-0.39, 0.29) is 6.10 Å². The van der Waals surface area contributed by atoms with Gasteiger partial charge in [0.2, 0.25) is 0 Å². The van der Waals surface area contributed by atoms with Gasteiger partial charge >= 0.3 is 0 Å². The van der Waals surface area contributed by atoms with E-state index in [0.717, 1.165) is 18.1 Å². The molecule has 0 atom stereocenters. The van der Waals surface area contributed by atoms with Gasteiger partial charge < -0.3 is 15.4 Å². The first-order valence-corrected chi connectivity index (χ1v) is 5.49. The van der Waals surface area contributed by atoms with Gasteiger partial charge in [0.25, 0.3) is 0 Å². The summed E-state index contributed by atoms with van der Waals surface area (Å²) in [4.78, 5) is 2.01. The maximum atomic E-state index is 5.47. The zero-order valence-corrected chi connectivity index (χ0v) is 10.2. The topological polar surface area (TPSA) is 64.3 Å². The maximum absolute atomic E-state index is 5.47. The molecule has 0 amide bonds. The van der Waals surface area contributed by atoms with E-state index in [2.05, 4.69) is 10.2 Å². The second-order valence-corrected chi connectivity index (χ2v) is 3.93. The number of hydrogen-bond acceptors (Lipinski definition) is 5. The lowest BCUT2D eigenvalue weighted by Gasteiger charge is -2.18. The van der Waals surface area contributed by atoms with Crippen LogP contribution >= 0.6 is 0 Å². The lowest BCUT2D eigenvalue weighted by molar-refractivity contribution is 0.0845. The smallest absolute Gasteiger partial charge is 0.151 e. The number of likely N-dealkylation sites (N-methyl/N-ethyl adjacent to an activating group) is 1. The maximum Gasteiger partial charge on any atom is 0.151 e. The van der Waals surface area contributed by atoms with Gasteiger partial charge in [0.05, 0.1) is 18.4 Å². The minimum atomic E-state index is 0.263. The molecule has 1 aromatic heterocycles. The molecule has 5 heteroatoms. The molecule has 5 nitrogen and oxygen atoms in total. The van der Waals surface area contributed by atoms with Gasteiger partial charge in [-0.3, -0.25) is 0 Å². The molecule has 0 bridgehead atoms. The number of nitrogens with zero attached hydrogens (tertiary/aromatic N) is 3. The SMILES string of the molecule is CC(C)OCCN(C)c1ccc(CN)nn1. The fraction of sp³-hybridized carbons (Fsp3) is 0.636. The van der Waals surface area contributed by atoms with Crippen molar-refractivity contribution >= 4 is 5.82 Å². The summed E-state index contributed by atoms with van der Waals surface area (Å²) in [6.45, 7) is 5.96. The number of rotatable bonds is 6. The summed E-state index contributed by atoms with van der Waals surface area (Å²) in [6, 6.07) is 3.81. The summed E-state index contributed by atoms with van der Waals surface area (Å²) in [5.74, 6) is 0.838. The lowest BCUT2D eigenvalue weighted by Crippen LogP contribution is -2.25. The number of ether oxygens (including phenoxy) is 1. The Morgan fingerprint density at radius 3 is 2.62 bits per heavy atom. The van der Waals surface area contributed by atoms with Gasteiger partial charge in [0.1, 0.15) is 0 Å². The van der Waals surface area contributed by atoms with Crippen LogP contribution in [0.15, 0.2) is 12.1 Å². The van der Waals surface area contributed by atoms with Crippen LogP contribution < -0.4 is 10.6 Å². The summed E-state index contributed by atoms with van der Waals surface area (Å²) in [5.41, 5.74) is 6.25. The first-order valence-electron chi connectivity index (χ1n) is 5.49. The molecule has 90 valence electrons. The molecule has 16 heavy (non-hydrogen) atoms. The van der Waals surface area contributed by atoms with Crippen LogP contribution in [0.1, 0.15) is 19.5 Å². The molecule has 0 fully saturated rings. The minimum Gasteiger partial charge on any atom is -0.377 e. The van der Waals surface area contributed by atoms with Crippen molar-refractivity contribution in [3.63, 3.8) is 0 Å². The Hall–Kier alpha value is -1.20. The molecule has 1 rings (SSSR count). The van der Waals surface area contributed by atoms with E-state index in [1.165, 1.54) is 0 Å². The first kappa shape index (κ1) is 12.9. The molecule has 1 aromatic rings. The van der Waals surface area contributed by atoms with Crippen LogP contribution in [0, 0.1) is 0 Å². The normalized spacial score (nSPS) is 10.8. The van der Waals surface area contributed by atoms with Crippen LogP contribution in [0.25, 0.3) is 0 Å². The predicted molar refractivity (Wildman–Crippen MR) is 64.3 cm³/mol. The van der Waals surface area contributed by atoms with Crippen molar-refractivity contribution in [2.45, 2.75) is 26.5 Å². The van der Waals surface area contributed by atoms with E-state index in [0.29, 0.717) is 13.2 Å². The third-order valence-corrected chi connectivity index (χ3v) is 2.18. The second-order valence-electron chi connectivity index (χ2n) is 3.93. The molecular formula is C11H20N4O. The Balaban J connectivity index is 2.43. The molecule has 0 aliphatic heterocycles. The van der Waals surface area contributed by atoms with Crippen LogP contribution in [0.3, 0.4) is 0 Å². The van der Waals surface area contributed by atoms with Crippen molar-refractivity contribution in [2.24, 2.45) is 5.73 Å². The molecule has 0 aromatic carbocycles. The zero-order valence-electron chi connectivity index (χ0n) is 10.2. The average Bonchev–Trinajstić information content (AvgIpc) is 2.28. The highest BCUT2D eigenvalue weighted by Gasteiger charge is 2.03. The monoisotopic (exact) mass is 224 g/mol. The fourth-order valence-electron chi connectivity index (χ4n) is 1.21. The van der Waals surface area contributed by atoms with Crippen molar-refractivity contribution in [3.8, 4) is 0 Å². The Morgan fingerprint density at radius 1 is 1.38 bits per heavy atom. The molecule has 1 heterocycles. The Kier molecular flexibility index (Phi) is 5.14. The standard InChI is InChI=1S/C11H20N4O/c1-9(2)16-7-6-15(3)11-5-4-10(8-12)13-14-11/h4-5,9H,6-8,12H2,1-3H3. The molecule has 0 saturated carbocycles. The van der Waals surface area contributed by atoms with Crippen LogP contribution in [-0.2, 0) is 11.3 Å². The van der Waals surface area contributed by atoms with E-state index in [4.69, 9.17) is 10.5 Å². The quantitative estimate of drug-likeness (QED) is 0.774. The summed E-state index contributed by atoms with van der Waals surface area (Å²) in [6.07, 6.45) is 0.263. The summed E-state index contributed by atoms with van der Waals surface area (Å²) in [5, 5.41) is 8.09. The molecule has 0 saturated heterocycles. The van der Waals surface area contributed by atoms with E-state index in [9.17, 15) is 0 Å². The van der Waals surface area contributed by atoms with Gasteiger partial charge in [0.15, 0.2) is 5.82 Å². The van der Waals surface area contributed by atoms with E-state index < -0.39 is 0 Å². The molecule has 2 N–H and O–H groups in total. The summed E-state index contributed by atoms with van der Waals surface area (Å²) < 4.78 is 5.47. The highest BCUT2D eigenvalue weighted by atomic mass is 16.5. The number of nitrogens with two attached hydrogens (primary N) is 1. The molecule has 0 unspecified atom stereocenters. The van der Waals surface area contributed by atoms with Gasteiger partial charge in [-0.05, 0) is 26.0 Å². The van der Waals surface area contributed by atoms with E-state index in [1.54, 1.807) is 0 Å². The highest BCUT2D eigenvalue weighted by molar-refractivity contribution is 5.35. The van der Waals surface area contributed by atoms with Crippen LogP contribution in [0.2, 0.25) is 0 Å². The van der Waals surface area contributed by atoms with E-state index in [1.807, 2.05) is 37.9 Å². The molecular weight excluding hydrogens is 204 g/mol. The number of aromatic nitrogens is 2. The van der Waals surface area contributed by atoms with Gasteiger partial charge in [-0.25, -0.2) is 0 Å². The van der Waals surface area contributed by atoms with Gasteiger partial charge in [-0.15, -0.1) is 5.10 Å². The number of anilines is 1. The fourth-order valence-corrected chi connectivity index (χ4v) is 1.21. The Morgan fingerprint density at radius 2 is 2.12 bits per heavy atom. The third kappa shape index (κ3) is 4.12. The zero-order chi connectivity index (χ0) is 12.0. The van der Waals surface area contributed by atoms with Crippen LogP contribution in [0.4, 0.5) is 5.82 Å². The lowest BCUT2D eigenvalue weighted by atomic mass is 10.4. The Labute approximate surface area is 96.6 Å². The molecule has 0 aliphatic rings. The Bertz CT molecular complexity index is 299. The molecule has 0 aliphatic carbocycles. The van der Waals surface area contributed by atoms with Crippen molar-refractivity contribution in [1.29, 1.82) is 0 Å². The van der Waals surface area contributed by atoms with Crippen molar-refractivity contribution in [2.75, 3.05) is 25.1 Å². The molecule has 0 radical (unpaired) electrons. The van der Waals surface area contributed by atoms with Gasteiger partial charge in [-0.1, -0.05) is 0 Å². The average molecular weight is 224 g/mol. The number of hydrogen-bond donors (Lipinski definition) is 1. The molecule has 0 spiro atoms. The minimum absolute atomic E-state index is 0.263. The highest BCUT2D eigenvalue weighted by Crippen LogP contribution is 2.06. The summed E-state index contributed by atoms with van der Waals surface area (Å²) >= 11 is 0. The predicted octanol–water partition coefficient (Wildman–Crippen LogP) is 0.796. The van der Waals surface area contributed by atoms with Crippen LogP contribution in [-0.4, -0.2) is 36.5 Å². The van der Waals surface area contributed by atoms with Crippen molar-refractivity contribution < 1.29 is 4.74 Å². The van der Waals surface area contributed by atoms with Gasteiger partial charge in [0, 0.05) is 20.1 Å². The largest absolute Gasteiger partial charge is 0.377 e. The summed E-state index contributed by atoms with van der Waals surface area (Å²) in [7, 11) is 1.97. The van der Waals surface area contributed by atoms with Gasteiger partial charge in [-0.2, -0.15) is 5.10 Å². The third-order valence-electron chi connectivity index (χ3n) is 2.18. The first-order chi connectivity index (χ1) is 7.63. The van der Waals surface area contributed by atoms with Crippen LogP contribution in [0.5, 0.6) is 0 Å². The van der Waals surface area contributed by atoms with E-state index >= 15 is 0 Å². The second kappa shape index (κ2) is 6.40.